The van der Waals surface area contributed by atoms with E-state index < -0.39 is 0 Å². The summed E-state index contributed by atoms with van der Waals surface area (Å²) in [6.07, 6.45) is 0. The average Bonchev–Trinajstić information content (AvgIpc) is 2.26. The van der Waals surface area contributed by atoms with Gasteiger partial charge in [-0.3, -0.25) is 0 Å². The zero-order valence-corrected chi connectivity index (χ0v) is 11.9. The molecule has 0 bridgehead atoms. The predicted molar refractivity (Wildman–Crippen MR) is 76.2 cm³/mol. The summed E-state index contributed by atoms with van der Waals surface area (Å²) >= 11 is 3.21. The minimum Gasteiger partial charge on any atom is -0.494 e. The van der Waals surface area contributed by atoms with Gasteiger partial charge in [-0.2, -0.15) is 0 Å². The van der Waals surface area contributed by atoms with Crippen molar-refractivity contribution >= 4 is 21.6 Å². The first-order valence-electron chi connectivity index (χ1n) is 5.74. The zero-order chi connectivity index (χ0) is 13.8. The molecule has 2 N–H and O–H groups in total. The summed E-state index contributed by atoms with van der Waals surface area (Å²) in [4.78, 5) is 0. The van der Waals surface area contributed by atoms with Crippen molar-refractivity contribution in [2.45, 2.75) is 6.92 Å². The van der Waals surface area contributed by atoms with Gasteiger partial charge in [-0.25, -0.2) is 4.39 Å². The summed E-state index contributed by atoms with van der Waals surface area (Å²) in [6.45, 7) is 2.42. The van der Waals surface area contributed by atoms with Gasteiger partial charge in [0.15, 0.2) is 0 Å². The van der Waals surface area contributed by atoms with Crippen LogP contribution in [0.1, 0.15) is 6.92 Å². The van der Waals surface area contributed by atoms with Crippen LogP contribution in [0, 0.1) is 5.82 Å². The Morgan fingerprint density at radius 1 is 1.05 bits per heavy atom. The second-order valence-electron chi connectivity index (χ2n) is 3.88. The lowest BCUT2D eigenvalue weighted by Crippen LogP contribution is -1.95. The van der Waals surface area contributed by atoms with Crippen molar-refractivity contribution in [3.63, 3.8) is 0 Å². The number of ether oxygens (including phenoxy) is 2. The summed E-state index contributed by atoms with van der Waals surface area (Å²) in [5.74, 6) is 1.13. The highest BCUT2D eigenvalue weighted by molar-refractivity contribution is 9.10. The van der Waals surface area contributed by atoms with E-state index in [0.717, 1.165) is 0 Å². The highest BCUT2D eigenvalue weighted by atomic mass is 79.9. The monoisotopic (exact) mass is 325 g/mol. The molecule has 0 aliphatic carbocycles. The molecule has 0 amide bonds. The van der Waals surface area contributed by atoms with Crippen LogP contribution in [0.5, 0.6) is 17.2 Å². The van der Waals surface area contributed by atoms with Gasteiger partial charge in [-0.15, -0.1) is 0 Å². The van der Waals surface area contributed by atoms with E-state index in [2.05, 4.69) is 15.9 Å². The highest BCUT2D eigenvalue weighted by Crippen LogP contribution is 2.30. The van der Waals surface area contributed by atoms with Crippen LogP contribution in [0.15, 0.2) is 40.9 Å². The number of nitrogens with two attached hydrogens (primary N) is 1. The predicted octanol–water partition coefficient (Wildman–Crippen LogP) is 4.36. The summed E-state index contributed by atoms with van der Waals surface area (Å²) in [5, 5.41) is 0. The van der Waals surface area contributed by atoms with Crippen LogP contribution in [0.2, 0.25) is 0 Å². The lowest BCUT2D eigenvalue weighted by molar-refractivity contribution is 0.338. The van der Waals surface area contributed by atoms with E-state index in [-0.39, 0.29) is 5.82 Å². The maximum Gasteiger partial charge on any atom is 0.133 e. The standard InChI is InChI=1S/C14H13BrFNO2/c1-2-18-12-6-11(17)7-14(8-12)19-13-4-9(15)3-10(16)5-13/h3-8H,2,17H2,1H3. The largest absolute Gasteiger partial charge is 0.494 e. The molecule has 0 unspecified atom stereocenters. The maximum absolute atomic E-state index is 13.3. The molecule has 0 aliphatic rings. The Morgan fingerprint density at radius 2 is 1.74 bits per heavy atom. The van der Waals surface area contributed by atoms with Crippen molar-refractivity contribution in [3.05, 3.63) is 46.7 Å². The molecule has 3 nitrogen and oxygen atoms in total. The van der Waals surface area contributed by atoms with E-state index in [9.17, 15) is 4.39 Å². The van der Waals surface area contributed by atoms with E-state index in [1.54, 1.807) is 24.3 Å². The van der Waals surface area contributed by atoms with Crippen LogP contribution >= 0.6 is 15.9 Å². The van der Waals surface area contributed by atoms with Gasteiger partial charge in [0.1, 0.15) is 23.1 Å². The molecule has 0 heterocycles. The Kier molecular flexibility index (Phi) is 4.27. The van der Waals surface area contributed by atoms with Crippen LogP contribution in [0.4, 0.5) is 10.1 Å². The third-order valence-corrected chi connectivity index (χ3v) is 2.74. The van der Waals surface area contributed by atoms with Crippen LogP contribution in [-0.2, 0) is 0 Å². The molecule has 0 aliphatic heterocycles. The summed E-state index contributed by atoms with van der Waals surface area (Å²) in [7, 11) is 0. The van der Waals surface area contributed by atoms with Crippen molar-refractivity contribution in [1.29, 1.82) is 0 Å². The lowest BCUT2D eigenvalue weighted by atomic mass is 10.3. The van der Waals surface area contributed by atoms with E-state index in [0.29, 0.717) is 34.0 Å². The lowest BCUT2D eigenvalue weighted by Gasteiger charge is -2.10. The first-order chi connectivity index (χ1) is 9.06. The van der Waals surface area contributed by atoms with Gasteiger partial charge in [0.25, 0.3) is 0 Å². The Balaban J connectivity index is 2.27. The summed E-state index contributed by atoms with van der Waals surface area (Å²) in [6, 6.07) is 9.40. The minimum absolute atomic E-state index is 0.377. The van der Waals surface area contributed by atoms with Crippen molar-refractivity contribution < 1.29 is 13.9 Å². The van der Waals surface area contributed by atoms with Crippen LogP contribution < -0.4 is 15.2 Å². The SMILES string of the molecule is CCOc1cc(N)cc(Oc2cc(F)cc(Br)c2)c1. The van der Waals surface area contributed by atoms with Gasteiger partial charge in [0.05, 0.1) is 6.61 Å². The molecule has 0 atom stereocenters. The second-order valence-corrected chi connectivity index (χ2v) is 4.79. The van der Waals surface area contributed by atoms with Crippen LogP contribution in [-0.4, -0.2) is 6.61 Å². The quantitative estimate of drug-likeness (QED) is 0.849. The summed E-state index contributed by atoms with van der Waals surface area (Å²) < 4.78 is 24.8. The van der Waals surface area contributed by atoms with E-state index in [1.165, 1.54) is 12.1 Å². The van der Waals surface area contributed by atoms with Gasteiger partial charge in [-0.05, 0) is 19.1 Å². The minimum atomic E-state index is -0.377. The molecule has 0 saturated carbocycles. The molecule has 0 radical (unpaired) electrons. The van der Waals surface area contributed by atoms with Crippen molar-refractivity contribution in [1.82, 2.24) is 0 Å². The normalized spacial score (nSPS) is 10.3. The number of halogens is 2. The second kappa shape index (κ2) is 5.93. The van der Waals surface area contributed by atoms with Gasteiger partial charge in [0.2, 0.25) is 0 Å². The third kappa shape index (κ3) is 3.86. The third-order valence-electron chi connectivity index (χ3n) is 2.29. The fraction of sp³-hybridized carbons (Fsp3) is 0.143. The van der Waals surface area contributed by atoms with Gasteiger partial charge in [-0.1, -0.05) is 15.9 Å². The topological polar surface area (TPSA) is 44.5 Å². The Labute approximate surface area is 119 Å². The van der Waals surface area contributed by atoms with Crippen molar-refractivity contribution in [3.8, 4) is 17.2 Å². The van der Waals surface area contributed by atoms with E-state index in [1.807, 2.05) is 6.92 Å². The number of nitrogen functional groups attached to an aromatic ring is 1. The Bertz CT molecular complexity index is 569. The Morgan fingerprint density at radius 3 is 2.42 bits per heavy atom. The van der Waals surface area contributed by atoms with E-state index in [4.69, 9.17) is 15.2 Å². The maximum atomic E-state index is 13.3. The molecule has 5 heteroatoms. The number of hydrogen-bond donors (Lipinski definition) is 1. The smallest absolute Gasteiger partial charge is 0.133 e. The Hall–Kier alpha value is -1.75. The molecular weight excluding hydrogens is 313 g/mol. The van der Waals surface area contributed by atoms with Crippen LogP contribution in [0.25, 0.3) is 0 Å². The van der Waals surface area contributed by atoms with Crippen molar-refractivity contribution in [2.75, 3.05) is 12.3 Å². The molecule has 100 valence electrons. The molecule has 0 saturated heterocycles. The molecule has 2 aromatic rings. The van der Waals surface area contributed by atoms with Crippen molar-refractivity contribution in [2.24, 2.45) is 0 Å². The fourth-order valence-corrected chi connectivity index (χ4v) is 2.07. The number of anilines is 1. The first kappa shape index (κ1) is 13.7. The highest BCUT2D eigenvalue weighted by Gasteiger charge is 2.05. The zero-order valence-electron chi connectivity index (χ0n) is 10.3. The molecule has 0 fully saturated rings. The molecule has 0 spiro atoms. The molecule has 19 heavy (non-hydrogen) atoms. The first-order valence-corrected chi connectivity index (χ1v) is 6.53. The van der Waals surface area contributed by atoms with Gasteiger partial charge >= 0.3 is 0 Å². The van der Waals surface area contributed by atoms with Crippen LogP contribution in [0.3, 0.4) is 0 Å². The number of benzene rings is 2. The molecule has 0 aromatic heterocycles. The van der Waals surface area contributed by atoms with Gasteiger partial charge < -0.3 is 15.2 Å². The van der Waals surface area contributed by atoms with Gasteiger partial charge in [0, 0.05) is 34.4 Å². The molecular formula is C14H13BrFNO2. The average molecular weight is 326 g/mol. The number of rotatable bonds is 4. The summed E-state index contributed by atoms with van der Waals surface area (Å²) in [5.41, 5.74) is 6.28. The fourth-order valence-electron chi connectivity index (χ4n) is 1.63. The molecule has 2 rings (SSSR count). The van der Waals surface area contributed by atoms with E-state index >= 15 is 0 Å². The number of hydrogen-bond acceptors (Lipinski definition) is 3. The molecule has 2 aromatic carbocycles.